The summed E-state index contributed by atoms with van der Waals surface area (Å²) in [6.45, 7) is -0.121. The molecule has 0 saturated carbocycles. The third-order valence-electron chi connectivity index (χ3n) is 4.82. The van der Waals surface area contributed by atoms with E-state index in [4.69, 9.17) is 9.47 Å². The van der Waals surface area contributed by atoms with Crippen LogP contribution in [0.4, 0.5) is 11.4 Å². The second kappa shape index (κ2) is 8.86. The smallest absolute Gasteiger partial charge is 0.269 e. The highest BCUT2D eigenvalue weighted by molar-refractivity contribution is 6.34. The molecule has 9 nitrogen and oxygen atoms in total. The Hall–Kier alpha value is -4.24. The summed E-state index contributed by atoms with van der Waals surface area (Å²) in [4.78, 5) is 36.3. The molecule has 32 heavy (non-hydrogen) atoms. The van der Waals surface area contributed by atoms with Gasteiger partial charge in [0, 0.05) is 12.1 Å². The Kier molecular flexibility index (Phi) is 5.82. The number of carbonyl (C=O) groups is 2. The van der Waals surface area contributed by atoms with Gasteiger partial charge in [0.15, 0.2) is 0 Å². The van der Waals surface area contributed by atoms with Crippen molar-refractivity contribution in [2.45, 2.75) is 6.10 Å². The molecule has 1 aliphatic rings. The molecule has 1 heterocycles. The first-order valence-electron chi connectivity index (χ1n) is 9.70. The predicted octanol–water partition coefficient (Wildman–Crippen LogP) is 3.21. The Morgan fingerprint density at radius 3 is 1.75 bits per heavy atom. The van der Waals surface area contributed by atoms with Crippen LogP contribution in [0, 0.1) is 10.1 Å². The fraction of sp³-hybridized carbons (Fsp3) is 0.130. The van der Waals surface area contributed by atoms with Crippen molar-refractivity contribution in [3.05, 3.63) is 94.0 Å². The summed E-state index contributed by atoms with van der Waals surface area (Å²) in [7, 11) is 0. The highest BCUT2D eigenvalue weighted by Gasteiger charge is 2.36. The number of imide groups is 1. The first-order chi connectivity index (χ1) is 15.4. The van der Waals surface area contributed by atoms with Crippen LogP contribution in [0.15, 0.2) is 72.8 Å². The van der Waals surface area contributed by atoms with Gasteiger partial charge in [-0.3, -0.25) is 19.7 Å². The maximum absolute atomic E-state index is 12.5. The number of hydrogen-bond donors (Lipinski definition) is 1. The van der Waals surface area contributed by atoms with Crippen molar-refractivity contribution < 1.29 is 29.1 Å². The largest absolute Gasteiger partial charge is 0.491 e. The number of nitro groups is 1. The quantitative estimate of drug-likeness (QED) is 0.328. The number of carbonyl (C=O) groups excluding carboxylic acids is 2. The second-order valence-corrected chi connectivity index (χ2v) is 7.01. The third-order valence-corrected chi connectivity index (χ3v) is 4.82. The number of hydrogen-bond acceptors (Lipinski definition) is 7. The van der Waals surface area contributed by atoms with Crippen LogP contribution in [0.25, 0.3) is 0 Å². The lowest BCUT2D eigenvalue weighted by atomic mass is 10.1. The predicted molar refractivity (Wildman–Crippen MR) is 114 cm³/mol. The van der Waals surface area contributed by atoms with Crippen molar-refractivity contribution in [3.8, 4) is 11.5 Å². The molecular formula is C23H18N2O7. The van der Waals surface area contributed by atoms with E-state index in [-0.39, 0.29) is 30.7 Å². The van der Waals surface area contributed by atoms with Crippen LogP contribution in [0.3, 0.4) is 0 Å². The zero-order valence-electron chi connectivity index (χ0n) is 16.7. The maximum atomic E-state index is 12.5. The minimum Gasteiger partial charge on any atom is -0.491 e. The number of anilines is 1. The number of benzene rings is 3. The zero-order chi connectivity index (χ0) is 22.7. The van der Waals surface area contributed by atoms with Crippen LogP contribution < -0.4 is 14.4 Å². The molecule has 1 atom stereocenters. The summed E-state index contributed by atoms with van der Waals surface area (Å²) in [5.74, 6) is 0.0795. The lowest BCUT2D eigenvalue weighted by molar-refractivity contribution is -0.384. The molecule has 2 amide bonds. The number of aliphatic hydroxyl groups is 1. The van der Waals surface area contributed by atoms with E-state index in [2.05, 4.69) is 0 Å². The summed E-state index contributed by atoms with van der Waals surface area (Å²) in [5, 5.41) is 20.7. The van der Waals surface area contributed by atoms with Crippen molar-refractivity contribution in [3.63, 3.8) is 0 Å². The van der Waals surface area contributed by atoms with Crippen molar-refractivity contribution in [1.82, 2.24) is 0 Å². The average molecular weight is 434 g/mol. The molecule has 9 heteroatoms. The summed E-state index contributed by atoms with van der Waals surface area (Å²) in [6, 6.07) is 18.6. The SMILES string of the molecule is O=C1c2ccccc2C(=O)N1c1ccc(OCC(O)COc2ccc([N+](=O)[O-])cc2)cc1. The Labute approximate surface area is 182 Å². The van der Waals surface area contributed by atoms with Gasteiger partial charge in [-0.05, 0) is 48.5 Å². The number of nitro benzene ring substituents is 1. The molecule has 0 saturated heterocycles. The molecule has 0 bridgehead atoms. The number of ether oxygens (including phenoxy) is 2. The normalized spacial score (nSPS) is 13.6. The van der Waals surface area contributed by atoms with Crippen LogP contribution in [0.1, 0.15) is 20.7 Å². The lowest BCUT2D eigenvalue weighted by Gasteiger charge is -2.16. The van der Waals surface area contributed by atoms with Crippen LogP contribution in [-0.4, -0.2) is 41.2 Å². The highest BCUT2D eigenvalue weighted by atomic mass is 16.6. The molecule has 3 aromatic carbocycles. The summed E-state index contributed by atoms with van der Waals surface area (Å²) in [5.41, 5.74) is 1.11. The summed E-state index contributed by atoms with van der Waals surface area (Å²) < 4.78 is 10.9. The highest BCUT2D eigenvalue weighted by Crippen LogP contribution is 2.29. The van der Waals surface area contributed by atoms with Gasteiger partial charge in [-0.2, -0.15) is 0 Å². The topological polar surface area (TPSA) is 119 Å². The van der Waals surface area contributed by atoms with Gasteiger partial charge in [-0.25, -0.2) is 4.90 Å². The summed E-state index contributed by atoms with van der Waals surface area (Å²) >= 11 is 0. The van der Waals surface area contributed by atoms with Crippen LogP contribution in [0.5, 0.6) is 11.5 Å². The molecule has 4 rings (SSSR count). The van der Waals surface area contributed by atoms with Crippen molar-refractivity contribution in [1.29, 1.82) is 0 Å². The molecule has 1 N–H and O–H groups in total. The molecule has 1 unspecified atom stereocenters. The van der Waals surface area contributed by atoms with Gasteiger partial charge in [0.05, 0.1) is 21.7 Å². The molecule has 162 valence electrons. The maximum Gasteiger partial charge on any atom is 0.269 e. The van der Waals surface area contributed by atoms with Gasteiger partial charge in [-0.1, -0.05) is 12.1 Å². The minimum absolute atomic E-state index is 0.0501. The molecule has 0 fully saturated rings. The average Bonchev–Trinajstić information content (AvgIpc) is 3.07. The van der Waals surface area contributed by atoms with Crippen LogP contribution >= 0.6 is 0 Å². The van der Waals surface area contributed by atoms with Gasteiger partial charge in [-0.15, -0.1) is 0 Å². The Morgan fingerprint density at radius 1 is 0.812 bits per heavy atom. The van der Waals surface area contributed by atoms with E-state index in [1.165, 1.54) is 24.3 Å². The van der Waals surface area contributed by atoms with Crippen molar-refractivity contribution >= 4 is 23.2 Å². The summed E-state index contributed by atoms with van der Waals surface area (Å²) in [6.07, 6.45) is -0.943. The van der Waals surface area contributed by atoms with Crippen molar-refractivity contribution in [2.75, 3.05) is 18.1 Å². The van der Waals surface area contributed by atoms with Crippen LogP contribution in [-0.2, 0) is 0 Å². The number of non-ortho nitro benzene ring substituents is 1. The molecule has 3 aromatic rings. The third kappa shape index (κ3) is 4.28. The fourth-order valence-corrected chi connectivity index (χ4v) is 3.21. The number of fused-ring (bicyclic) bond motifs is 1. The Morgan fingerprint density at radius 2 is 1.28 bits per heavy atom. The van der Waals surface area contributed by atoms with Gasteiger partial charge < -0.3 is 14.6 Å². The monoisotopic (exact) mass is 434 g/mol. The van der Waals surface area contributed by atoms with E-state index in [1.807, 2.05) is 0 Å². The number of rotatable bonds is 8. The number of aliphatic hydroxyl groups excluding tert-OH is 1. The fourth-order valence-electron chi connectivity index (χ4n) is 3.21. The molecular weight excluding hydrogens is 416 g/mol. The van der Waals surface area contributed by atoms with Gasteiger partial charge in [0.1, 0.15) is 30.8 Å². The molecule has 1 aliphatic heterocycles. The zero-order valence-corrected chi connectivity index (χ0v) is 16.7. The first-order valence-corrected chi connectivity index (χ1v) is 9.70. The second-order valence-electron chi connectivity index (χ2n) is 7.01. The minimum atomic E-state index is -0.943. The molecule has 0 aromatic heterocycles. The van der Waals surface area contributed by atoms with E-state index in [0.29, 0.717) is 28.3 Å². The molecule has 0 radical (unpaired) electrons. The first kappa shape index (κ1) is 21.0. The number of amides is 2. The van der Waals surface area contributed by atoms with Gasteiger partial charge >= 0.3 is 0 Å². The lowest BCUT2D eigenvalue weighted by Crippen LogP contribution is -2.29. The van der Waals surface area contributed by atoms with Gasteiger partial charge in [0.25, 0.3) is 17.5 Å². The Balaban J connectivity index is 1.30. The van der Waals surface area contributed by atoms with E-state index < -0.39 is 11.0 Å². The van der Waals surface area contributed by atoms with E-state index in [9.17, 15) is 24.8 Å². The van der Waals surface area contributed by atoms with E-state index in [1.54, 1.807) is 48.5 Å². The molecule has 0 aliphatic carbocycles. The van der Waals surface area contributed by atoms with Gasteiger partial charge in [0.2, 0.25) is 0 Å². The molecule has 0 spiro atoms. The van der Waals surface area contributed by atoms with E-state index >= 15 is 0 Å². The van der Waals surface area contributed by atoms with Crippen LogP contribution in [0.2, 0.25) is 0 Å². The van der Waals surface area contributed by atoms with Crippen molar-refractivity contribution in [2.24, 2.45) is 0 Å². The Bertz CT molecular complexity index is 1120. The number of nitrogens with zero attached hydrogens (tertiary/aromatic N) is 2. The van der Waals surface area contributed by atoms with E-state index in [0.717, 1.165) is 4.90 Å². The standard InChI is InChI=1S/C23H18N2O7/c26-17(14-32-19-11-7-16(8-12-19)25(29)30)13-31-18-9-5-15(6-10-18)24-22(27)20-3-1-2-4-21(20)23(24)28/h1-12,17,26H,13-14H2.